The summed E-state index contributed by atoms with van der Waals surface area (Å²) in [4.78, 5) is 33.5. The maximum Gasteiger partial charge on any atom is 0.262 e. The zero-order valence-corrected chi connectivity index (χ0v) is 13.1. The van der Waals surface area contributed by atoms with Crippen LogP contribution < -0.4 is 10.1 Å². The normalized spacial score (nSPS) is 20.1. The highest BCUT2D eigenvalue weighted by Crippen LogP contribution is 2.30. The van der Waals surface area contributed by atoms with Gasteiger partial charge in [0.2, 0.25) is 0 Å². The van der Waals surface area contributed by atoms with Crippen LogP contribution in [-0.4, -0.2) is 46.4 Å². The Labute approximate surface area is 139 Å². The lowest BCUT2D eigenvalue weighted by Gasteiger charge is -2.32. The largest absolute Gasteiger partial charge is 0.482 e. The monoisotopic (exact) mass is 326 g/mol. The number of carbonyl (C=O) groups excluding carboxylic acids is 2. The number of imidazole rings is 1. The summed E-state index contributed by atoms with van der Waals surface area (Å²) in [6.45, 7) is 1.38. The van der Waals surface area contributed by atoms with E-state index in [4.69, 9.17) is 4.74 Å². The van der Waals surface area contributed by atoms with Crippen molar-refractivity contribution < 1.29 is 14.3 Å². The van der Waals surface area contributed by atoms with Crippen LogP contribution in [0.4, 0.5) is 5.69 Å². The van der Waals surface area contributed by atoms with Crippen molar-refractivity contribution in [2.45, 2.75) is 18.8 Å². The Hall–Kier alpha value is -2.83. The van der Waals surface area contributed by atoms with Gasteiger partial charge in [-0.2, -0.15) is 0 Å². The molecular weight excluding hydrogens is 308 g/mol. The fourth-order valence-corrected chi connectivity index (χ4v) is 3.28. The molecule has 0 aliphatic carbocycles. The number of H-pyrrole nitrogens is 1. The van der Waals surface area contributed by atoms with E-state index in [1.165, 1.54) is 0 Å². The van der Waals surface area contributed by atoms with Gasteiger partial charge in [-0.05, 0) is 31.0 Å². The first-order valence-corrected chi connectivity index (χ1v) is 8.06. The van der Waals surface area contributed by atoms with Crippen molar-refractivity contribution in [3.63, 3.8) is 0 Å². The minimum absolute atomic E-state index is 0.0189. The Bertz CT molecular complexity index is 772. The maximum absolute atomic E-state index is 12.8. The standard InChI is InChI=1S/C17H18N4O3/c22-15-10-24-14-8-11(3-4-13(14)20-15)17(23)21-7-1-2-12(9-21)16-18-5-6-19-16/h3-6,8,12H,1-2,7,9-10H2,(H,18,19)(H,20,22)/t12-/m0/s1. The molecule has 0 unspecified atom stereocenters. The molecule has 2 aliphatic rings. The highest BCUT2D eigenvalue weighted by molar-refractivity contribution is 5.99. The van der Waals surface area contributed by atoms with Gasteiger partial charge < -0.3 is 19.9 Å². The van der Waals surface area contributed by atoms with Crippen LogP contribution in [0.1, 0.15) is 34.9 Å². The molecule has 4 rings (SSSR count). The van der Waals surface area contributed by atoms with E-state index in [-0.39, 0.29) is 24.3 Å². The van der Waals surface area contributed by atoms with Crippen LogP contribution in [0.25, 0.3) is 0 Å². The highest BCUT2D eigenvalue weighted by atomic mass is 16.5. The zero-order valence-electron chi connectivity index (χ0n) is 13.1. The maximum atomic E-state index is 12.8. The highest BCUT2D eigenvalue weighted by Gasteiger charge is 2.27. The zero-order chi connectivity index (χ0) is 16.5. The molecule has 3 heterocycles. The Kier molecular flexibility index (Phi) is 3.68. The van der Waals surface area contributed by atoms with Gasteiger partial charge in [0.05, 0.1) is 5.69 Å². The number of nitrogens with one attached hydrogen (secondary N) is 2. The van der Waals surface area contributed by atoms with E-state index in [1.54, 1.807) is 24.4 Å². The van der Waals surface area contributed by atoms with E-state index < -0.39 is 0 Å². The van der Waals surface area contributed by atoms with Crippen LogP contribution in [0.2, 0.25) is 0 Å². The van der Waals surface area contributed by atoms with E-state index in [0.717, 1.165) is 25.2 Å². The number of anilines is 1. The van der Waals surface area contributed by atoms with Gasteiger partial charge in [-0.15, -0.1) is 0 Å². The minimum Gasteiger partial charge on any atom is -0.482 e. The lowest BCUT2D eigenvalue weighted by atomic mass is 9.96. The number of piperidine rings is 1. The molecule has 1 aromatic carbocycles. The van der Waals surface area contributed by atoms with Gasteiger partial charge in [-0.3, -0.25) is 9.59 Å². The van der Waals surface area contributed by atoms with Crippen molar-refractivity contribution in [3.05, 3.63) is 42.0 Å². The van der Waals surface area contributed by atoms with E-state index in [0.29, 0.717) is 23.5 Å². The molecule has 2 aliphatic heterocycles. The predicted molar refractivity (Wildman–Crippen MR) is 87.0 cm³/mol. The quantitative estimate of drug-likeness (QED) is 0.880. The molecule has 1 saturated heterocycles. The van der Waals surface area contributed by atoms with Gasteiger partial charge in [0.25, 0.3) is 11.8 Å². The van der Waals surface area contributed by atoms with Crippen LogP contribution in [0.5, 0.6) is 5.75 Å². The summed E-state index contributed by atoms with van der Waals surface area (Å²) >= 11 is 0. The van der Waals surface area contributed by atoms with Gasteiger partial charge in [0, 0.05) is 37.0 Å². The number of hydrogen-bond acceptors (Lipinski definition) is 4. The molecule has 2 aromatic rings. The first kappa shape index (κ1) is 14.7. The summed E-state index contributed by atoms with van der Waals surface area (Å²) in [6.07, 6.45) is 5.53. The molecule has 7 heteroatoms. The summed E-state index contributed by atoms with van der Waals surface area (Å²) in [6, 6.07) is 5.15. The van der Waals surface area contributed by atoms with Crippen molar-refractivity contribution in [2.24, 2.45) is 0 Å². The van der Waals surface area contributed by atoms with Gasteiger partial charge >= 0.3 is 0 Å². The van der Waals surface area contributed by atoms with Crippen LogP contribution in [0.15, 0.2) is 30.6 Å². The second kappa shape index (κ2) is 5.99. The third-order valence-electron chi connectivity index (χ3n) is 4.48. The van der Waals surface area contributed by atoms with Crippen molar-refractivity contribution in [2.75, 3.05) is 25.0 Å². The van der Waals surface area contributed by atoms with Crippen molar-refractivity contribution in [3.8, 4) is 5.75 Å². The third-order valence-corrected chi connectivity index (χ3v) is 4.48. The molecule has 2 amide bonds. The topological polar surface area (TPSA) is 87.3 Å². The molecule has 0 bridgehead atoms. The smallest absolute Gasteiger partial charge is 0.262 e. The number of benzene rings is 1. The first-order valence-electron chi connectivity index (χ1n) is 8.06. The van der Waals surface area contributed by atoms with Crippen molar-refractivity contribution >= 4 is 17.5 Å². The number of aromatic nitrogens is 2. The predicted octanol–water partition coefficient (Wildman–Crippen LogP) is 1.76. The van der Waals surface area contributed by atoms with Crippen LogP contribution in [0, 0.1) is 0 Å². The first-order chi connectivity index (χ1) is 11.7. The van der Waals surface area contributed by atoms with Crippen LogP contribution in [-0.2, 0) is 4.79 Å². The lowest BCUT2D eigenvalue weighted by Crippen LogP contribution is -2.39. The number of carbonyl (C=O) groups is 2. The summed E-state index contributed by atoms with van der Waals surface area (Å²) in [5.74, 6) is 1.52. The summed E-state index contributed by atoms with van der Waals surface area (Å²) in [7, 11) is 0. The van der Waals surface area contributed by atoms with Crippen molar-refractivity contribution in [1.82, 2.24) is 14.9 Å². The number of rotatable bonds is 2. The molecule has 1 aromatic heterocycles. The molecule has 7 nitrogen and oxygen atoms in total. The molecule has 2 N–H and O–H groups in total. The second-order valence-corrected chi connectivity index (χ2v) is 6.11. The Balaban J connectivity index is 1.52. The van der Waals surface area contributed by atoms with Crippen LogP contribution in [0.3, 0.4) is 0 Å². The van der Waals surface area contributed by atoms with Gasteiger partial charge in [0.1, 0.15) is 11.6 Å². The molecule has 24 heavy (non-hydrogen) atoms. The number of aromatic amines is 1. The van der Waals surface area contributed by atoms with E-state index in [2.05, 4.69) is 15.3 Å². The Morgan fingerprint density at radius 2 is 2.29 bits per heavy atom. The second-order valence-electron chi connectivity index (χ2n) is 6.11. The molecule has 124 valence electrons. The molecule has 0 radical (unpaired) electrons. The third kappa shape index (κ3) is 2.73. The molecule has 0 spiro atoms. The van der Waals surface area contributed by atoms with E-state index in [9.17, 15) is 9.59 Å². The number of likely N-dealkylation sites (tertiary alicyclic amines) is 1. The number of hydrogen-bond donors (Lipinski definition) is 2. The fourth-order valence-electron chi connectivity index (χ4n) is 3.28. The lowest BCUT2D eigenvalue weighted by molar-refractivity contribution is -0.118. The molecule has 1 atom stereocenters. The summed E-state index contributed by atoms with van der Waals surface area (Å²) in [5.41, 5.74) is 1.18. The van der Waals surface area contributed by atoms with E-state index in [1.807, 2.05) is 11.1 Å². The van der Waals surface area contributed by atoms with E-state index >= 15 is 0 Å². The SMILES string of the molecule is O=C1COc2cc(C(=O)N3CCC[C@H](c4ncc[nH]4)C3)ccc2N1. The Morgan fingerprint density at radius 3 is 3.12 bits per heavy atom. The van der Waals surface area contributed by atoms with Gasteiger partial charge in [-0.25, -0.2) is 4.98 Å². The number of fused-ring (bicyclic) bond motifs is 1. The summed E-state index contributed by atoms with van der Waals surface area (Å²) in [5, 5.41) is 2.73. The molecular formula is C17H18N4O3. The average Bonchev–Trinajstić information content (AvgIpc) is 3.15. The van der Waals surface area contributed by atoms with Gasteiger partial charge in [-0.1, -0.05) is 0 Å². The number of amides is 2. The molecule has 1 fully saturated rings. The minimum atomic E-state index is -0.182. The number of ether oxygens (including phenoxy) is 1. The van der Waals surface area contributed by atoms with Gasteiger partial charge in [0.15, 0.2) is 6.61 Å². The van der Waals surface area contributed by atoms with Crippen molar-refractivity contribution in [1.29, 1.82) is 0 Å². The van der Waals surface area contributed by atoms with Crippen LogP contribution >= 0.6 is 0 Å². The Morgan fingerprint density at radius 1 is 1.38 bits per heavy atom. The fraction of sp³-hybridized carbons (Fsp3) is 0.353. The summed E-state index contributed by atoms with van der Waals surface area (Å²) < 4.78 is 5.40. The number of nitrogens with zero attached hydrogens (tertiary/aromatic N) is 2. The molecule has 0 saturated carbocycles. The average molecular weight is 326 g/mol.